The van der Waals surface area contributed by atoms with E-state index >= 15 is 0 Å². The van der Waals surface area contributed by atoms with Gasteiger partial charge in [0.1, 0.15) is 11.6 Å². The summed E-state index contributed by atoms with van der Waals surface area (Å²) in [5, 5.41) is 0. The summed E-state index contributed by atoms with van der Waals surface area (Å²) in [6.07, 6.45) is 3.59. The Morgan fingerprint density at radius 1 is 0.973 bits per heavy atom. The van der Waals surface area contributed by atoms with Crippen molar-refractivity contribution in [1.29, 1.82) is 0 Å². The lowest BCUT2D eigenvalue weighted by Crippen LogP contribution is -2.43. The van der Waals surface area contributed by atoms with Gasteiger partial charge in [-0.25, -0.2) is 9.18 Å². The standard InChI is InChI=1S/C29H38FN3O4/c1-20(2)37-29(35)33-15-11-21(12-16-33)19-36-25-9-7-22(8-10-25)23-5-6-24(26(30)17-23)18-27(31)28(34)32-13-3-4-14-32/h5-10,17,20-21,27H,3-4,11-16,18-19,31H2,1-2H3. The number of hydrogen-bond acceptors (Lipinski definition) is 5. The molecule has 0 spiro atoms. The van der Waals surface area contributed by atoms with Crippen LogP contribution in [0, 0.1) is 11.7 Å². The largest absolute Gasteiger partial charge is 0.493 e. The van der Waals surface area contributed by atoms with Gasteiger partial charge in [-0.05, 0) is 86.8 Å². The topological polar surface area (TPSA) is 85.1 Å². The first-order chi connectivity index (χ1) is 17.8. The van der Waals surface area contributed by atoms with E-state index in [1.54, 1.807) is 15.9 Å². The molecule has 2 amide bonds. The summed E-state index contributed by atoms with van der Waals surface area (Å²) >= 11 is 0. The van der Waals surface area contributed by atoms with Gasteiger partial charge in [-0.15, -0.1) is 0 Å². The van der Waals surface area contributed by atoms with Crippen molar-refractivity contribution in [1.82, 2.24) is 9.80 Å². The minimum atomic E-state index is -0.726. The van der Waals surface area contributed by atoms with Crippen molar-refractivity contribution >= 4 is 12.0 Å². The smallest absolute Gasteiger partial charge is 0.410 e. The van der Waals surface area contributed by atoms with Crippen LogP contribution in [0.1, 0.15) is 45.1 Å². The highest BCUT2D eigenvalue weighted by Gasteiger charge is 2.26. The predicted molar refractivity (Wildman–Crippen MR) is 141 cm³/mol. The molecule has 2 N–H and O–H groups in total. The molecule has 2 aliphatic rings. The molecule has 0 aliphatic carbocycles. The number of carbonyl (C=O) groups excluding carboxylic acids is 2. The van der Waals surface area contributed by atoms with Crippen molar-refractivity contribution in [2.24, 2.45) is 11.7 Å². The van der Waals surface area contributed by atoms with Gasteiger partial charge in [0, 0.05) is 26.2 Å². The number of rotatable bonds is 8. The van der Waals surface area contributed by atoms with Gasteiger partial charge in [0.15, 0.2) is 0 Å². The van der Waals surface area contributed by atoms with Gasteiger partial charge in [-0.1, -0.05) is 24.3 Å². The van der Waals surface area contributed by atoms with Gasteiger partial charge in [0.05, 0.1) is 18.8 Å². The third-order valence-electron chi connectivity index (χ3n) is 7.11. The minimum Gasteiger partial charge on any atom is -0.493 e. The number of amides is 2. The SMILES string of the molecule is CC(C)OC(=O)N1CCC(COc2ccc(-c3ccc(CC(N)C(=O)N4CCCC4)c(F)c3)cc2)CC1. The van der Waals surface area contributed by atoms with Crippen LogP contribution in [0.25, 0.3) is 11.1 Å². The molecule has 7 nitrogen and oxygen atoms in total. The van der Waals surface area contributed by atoms with E-state index in [0.717, 1.165) is 55.6 Å². The quantitative estimate of drug-likeness (QED) is 0.559. The van der Waals surface area contributed by atoms with E-state index < -0.39 is 6.04 Å². The van der Waals surface area contributed by atoms with Crippen LogP contribution in [0.3, 0.4) is 0 Å². The molecule has 2 saturated heterocycles. The number of nitrogens with zero attached hydrogens (tertiary/aromatic N) is 2. The van der Waals surface area contributed by atoms with Crippen LogP contribution in [0.15, 0.2) is 42.5 Å². The second kappa shape index (κ2) is 12.4. The highest BCUT2D eigenvalue weighted by atomic mass is 19.1. The van der Waals surface area contributed by atoms with Gasteiger partial charge in [0.2, 0.25) is 5.91 Å². The fourth-order valence-corrected chi connectivity index (χ4v) is 4.90. The van der Waals surface area contributed by atoms with Crippen LogP contribution in [-0.4, -0.2) is 66.7 Å². The summed E-state index contributed by atoms with van der Waals surface area (Å²) in [5.74, 6) is 0.684. The maximum absolute atomic E-state index is 14.8. The Morgan fingerprint density at radius 3 is 2.24 bits per heavy atom. The molecule has 200 valence electrons. The lowest BCUT2D eigenvalue weighted by molar-refractivity contribution is -0.131. The van der Waals surface area contributed by atoms with E-state index in [-0.39, 0.29) is 30.3 Å². The molecule has 0 radical (unpaired) electrons. The van der Waals surface area contributed by atoms with Gasteiger partial charge >= 0.3 is 6.09 Å². The van der Waals surface area contributed by atoms with E-state index in [0.29, 0.717) is 31.2 Å². The summed E-state index contributed by atoms with van der Waals surface area (Å²) in [6, 6.07) is 12.0. The molecule has 2 aromatic rings. The summed E-state index contributed by atoms with van der Waals surface area (Å²) in [6.45, 7) is 7.13. The van der Waals surface area contributed by atoms with E-state index in [1.807, 2.05) is 44.2 Å². The van der Waals surface area contributed by atoms with E-state index in [4.69, 9.17) is 15.2 Å². The van der Waals surface area contributed by atoms with Crippen molar-refractivity contribution in [3.05, 3.63) is 53.8 Å². The van der Waals surface area contributed by atoms with Crippen molar-refractivity contribution < 1.29 is 23.5 Å². The molecule has 1 unspecified atom stereocenters. The zero-order valence-electron chi connectivity index (χ0n) is 21.8. The number of carbonyl (C=O) groups is 2. The molecule has 37 heavy (non-hydrogen) atoms. The van der Waals surface area contributed by atoms with E-state index in [9.17, 15) is 14.0 Å². The normalized spacial score (nSPS) is 17.2. The highest BCUT2D eigenvalue weighted by Crippen LogP contribution is 2.26. The monoisotopic (exact) mass is 511 g/mol. The Kier molecular flexibility index (Phi) is 9.03. The van der Waals surface area contributed by atoms with Crippen molar-refractivity contribution in [3.8, 4) is 16.9 Å². The fourth-order valence-electron chi connectivity index (χ4n) is 4.90. The Bertz CT molecular complexity index is 1060. The predicted octanol–water partition coefficient (Wildman–Crippen LogP) is 4.62. The maximum Gasteiger partial charge on any atom is 0.410 e. The summed E-state index contributed by atoms with van der Waals surface area (Å²) in [7, 11) is 0. The van der Waals surface area contributed by atoms with Crippen molar-refractivity contribution in [2.75, 3.05) is 32.8 Å². The average molecular weight is 512 g/mol. The van der Waals surface area contributed by atoms with Crippen LogP contribution < -0.4 is 10.5 Å². The summed E-state index contributed by atoms with van der Waals surface area (Å²) < 4.78 is 26.1. The highest BCUT2D eigenvalue weighted by molar-refractivity contribution is 5.82. The average Bonchev–Trinajstić information content (AvgIpc) is 3.43. The van der Waals surface area contributed by atoms with Crippen LogP contribution in [0.2, 0.25) is 0 Å². The van der Waals surface area contributed by atoms with E-state index in [1.165, 1.54) is 6.07 Å². The lowest BCUT2D eigenvalue weighted by atomic mass is 9.98. The summed E-state index contributed by atoms with van der Waals surface area (Å²) in [5.41, 5.74) is 8.18. The molecule has 4 rings (SSSR count). The van der Waals surface area contributed by atoms with Gasteiger partial charge in [0.25, 0.3) is 0 Å². The van der Waals surface area contributed by atoms with Gasteiger partial charge in [-0.2, -0.15) is 0 Å². The van der Waals surface area contributed by atoms with Crippen molar-refractivity contribution in [2.45, 2.75) is 58.1 Å². The van der Waals surface area contributed by atoms with Crippen LogP contribution >= 0.6 is 0 Å². The number of likely N-dealkylation sites (tertiary alicyclic amines) is 2. The van der Waals surface area contributed by atoms with Crippen LogP contribution in [0.4, 0.5) is 9.18 Å². The van der Waals surface area contributed by atoms with Crippen LogP contribution in [-0.2, 0) is 16.0 Å². The molecule has 2 aliphatic heterocycles. The first kappa shape index (κ1) is 26.9. The Morgan fingerprint density at radius 2 is 1.62 bits per heavy atom. The molecule has 0 bridgehead atoms. The van der Waals surface area contributed by atoms with E-state index in [2.05, 4.69) is 0 Å². The Labute approximate surface area is 218 Å². The zero-order valence-corrected chi connectivity index (χ0v) is 21.8. The fraction of sp³-hybridized carbons (Fsp3) is 0.517. The number of benzene rings is 2. The number of halogens is 1. The minimum absolute atomic E-state index is 0.101. The third kappa shape index (κ3) is 7.22. The second-order valence-electron chi connectivity index (χ2n) is 10.3. The van der Waals surface area contributed by atoms with Gasteiger partial charge in [-0.3, -0.25) is 4.79 Å². The first-order valence-electron chi connectivity index (χ1n) is 13.3. The molecule has 2 fully saturated rings. The summed E-state index contributed by atoms with van der Waals surface area (Å²) in [4.78, 5) is 28.0. The molecule has 2 heterocycles. The van der Waals surface area contributed by atoms with Gasteiger partial charge < -0.3 is 25.0 Å². The molecule has 2 aromatic carbocycles. The first-order valence-corrected chi connectivity index (χ1v) is 13.3. The number of hydrogen-bond donors (Lipinski definition) is 1. The number of nitrogens with two attached hydrogens (primary N) is 1. The molecular formula is C29H38FN3O4. The third-order valence-corrected chi connectivity index (χ3v) is 7.11. The zero-order chi connectivity index (χ0) is 26.4. The lowest BCUT2D eigenvalue weighted by Gasteiger charge is -2.31. The molecule has 0 saturated carbocycles. The Balaban J connectivity index is 1.26. The molecular weight excluding hydrogens is 473 g/mol. The molecule has 1 atom stereocenters. The van der Waals surface area contributed by atoms with Crippen molar-refractivity contribution in [3.63, 3.8) is 0 Å². The number of ether oxygens (including phenoxy) is 2. The molecule has 8 heteroatoms. The number of piperidine rings is 1. The maximum atomic E-state index is 14.8. The Hall–Kier alpha value is -3.13. The second-order valence-corrected chi connectivity index (χ2v) is 10.3. The molecule has 0 aromatic heterocycles. The van der Waals surface area contributed by atoms with Crippen LogP contribution in [0.5, 0.6) is 5.75 Å².